The fourth-order valence-corrected chi connectivity index (χ4v) is 2.42. The molecule has 122 valence electrons. The molecule has 0 aliphatic rings. The molecule has 0 aliphatic carbocycles. The van der Waals surface area contributed by atoms with Crippen molar-refractivity contribution in [3.8, 4) is 0 Å². The SMILES string of the molecule is Cc1ccc(NC(=O)CCn2nnc3ccccc3c2=O)cc1C. The van der Waals surface area contributed by atoms with Gasteiger partial charge in [0.2, 0.25) is 5.91 Å². The number of benzene rings is 2. The minimum atomic E-state index is -0.236. The van der Waals surface area contributed by atoms with Crippen molar-refractivity contribution in [2.24, 2.45) is 0 Å². The highest BCUT2D eigenvalue weighted by Crippen LogP contribution is 2.14. The molecule has 1 aromatic heterocycles. The molecule has 0 bridgehead atoms. The molecule has 1 N–H and O–H groups in total. The maximum atomic E-state index is 12.3. The van der Waals surface area contributed by atoms with Crippen LogP contribution in [-0.2, 0) is 11.3 Å². The molecule has 0 fully saturated rings. The summed E-state index contributed by atoms with van der Waals surface area (Å²) in [5.74, 6) is -0.167. The first-order valence-electron chi connectivity index (χ1n) is 7.74. The maximum absolute atomic E-state index is 12.3. The third-order valence-electron chi connectivity index (χ3n) is 3.97. The van der Waals surface area contributed by atoms with E-state index in [1.54, 1.807) is 24.3 Å². The van der Waals surface area contributed by atoms with E-state index >= 15 is 0 Å². The van der Waals surface area contributed by atoms with Crippen molar-refractivity contribution < 1.29 is 4.79 Å². The van der Waals surface area contributed by atoms with Gasteiger partial charge in [-0.25, -0.2) is 4.68 Å². The van der Waals surface area contributed by atoms with Gasteiger partial charge >= 0.3 is 0 Å². The number of carbonyl (C=O) groups excluding carboxylic acids is 1. The Morgan fingerprint density at radius 1 is 1.12 bits per heavy atom. The molecule has 0 radical (unpaired) electrons. The number of hydrogen-bond acceptors (Lipinski definition) is 4. The molecule has 6 nitrogen and oxygen atoms in total. The van der Waals surface area contributed by atoms with Gasteiger partial charge in [0.05, 0.1) is 11.9 Å². The Kier molecular flexibility index (Phi) is 4.37. The number of hydrogen-bond donors (Lipinski definition) is 1. The maximum Gasteiger partial charge on any atom is 0.277 e. The van der Waals surface area contributed by atoms with E-state index in [4.69, 9.17) is 0 Å². The predicted molar refractivity (Wildman–Crippen MR) is 93.0 cm³/mol. The molecule has 2 aromatic carbocycles. The van der Waals surface area contributed by atoms with E-state index in [0.29, 0.717) is 10.9 Å². The van der Waals surface area contributed by atoms with Gasteiger partial charge in [0.15, 0.2) is 0 Å². The largest absolute Gasteiger partial charge is 0.326 e. The molecule has 3 aromatic rings. The lowest BCUT2D eigenvalue weighted by Gasteiger charge is -2.08. The van der Waals surface area contributed by atoms with Crippen molar-refractivity contribution >= 4 is 22.5 Å². The van der Waals surface area contributed by atoms with Gasteiger partial charge in [-0.1, -0.05) is 23.4 Å². The second kappa shape index (κ2) is 6.62. The monoisotopic (exact) mass is 322 g/mol. The van der Waals surface area contributed by atoms with Crippen LogP contribution in [0.2, 0.25) is 0 Å². The van der Waals surface area contributed by atoms with Crippen molar-refractivity contribution in [3.63, 3.8) is 0 Å². The second-order valence-corrected chi connectivity index (χ2v) is 5.73. The number of anilines is 1. The van der Waals surface area contributed by atoms with Crippen molar-refractivity contribution in [1.29, 1.82) is 0 Å². The molecule has 1 heterocycles. The van der Waals surface area contributed by atoms with Crippen LogP contribution in [0.15, 0.2) is 47.3 Å². The van der Waals surface area contributed by atoms with E-state index in [1.807, 2.05) is 32.0 Å². The van der Waals surface area contributed by atoms with Crippen LogP contribution in [0.4, 0.5) is 5.69 Å². The van der Waals surface area contributed by atoms with E-state index in [2.05, 4.69) is 15.6 Å². The van der Waals surface area contributed by atoms with Crippen molar-refractivity contribution in [2.75, 3.05) is 5.32 Å². The van der Waals surface area contributed by atoms with Gasteiger partial charge in [0.25, 0.3) is 5.56 Å². The number of carbonyl (C=O) groups is 1. The number of amides is 1. The van der Waals surface area contributed by atoms with E-state index < -0.39 is 0 Å². The van der Waals surface area contributed by atoms with Gasteiger partial charge in [0.1, 0.15) is 5.52 Å². The molecular weight excluding hydrogens is 304 g/mol. The normalized spacial score (nSPS) is 10.8. The summed E-state index contributed by atoms with van der Waals surface area (Å²) in [6, 6.07) is 12.8. The average molecular weight is 322 g/mol. The molecule has 0 unspecified atom stereocenters. The zero-order valence-electron chi connectivity index (χ0n) is 13.6. The molecule has 24 heavy (non-hydrogen) atoms. The Hall–Kier alpha value is -3.02. The van der Waals surface area contributed by atoms with Gasteiger partial charge in [-0.2, -0.15) is 0 Å². The second-order valence-electron chi connectivity index (χ2n) is 5.73. The summed E-state index contributed by atoms with van der Waals surface area (Å²) >= 11 is 0. The zero-order chi connectivity index (χ0) is 17.1. The lowest BCUT2D eigenvalue weighted by Crippen LogP contribution is -2.26. The summed E-state index contributed by atoms with van der Waals surface area (Å²) in [4.78, 5) is 24.4. The molecular formula is C18H18N4O2. The number of aryl methyl sites for hydroxylation is 3. The zero-order valence-corrected chi connectivity index (χ0v) is 13.6. The van der Waals surface area contributed by atoms with Crippen LogP contribution >= 0.6 is 0 Å². The summed E-state index contributed by atoms with van der Waals surface area (Å²) < 4.78 is 1.22. The molecule has 1 amide bonds. The van der Waals surface area contributed by atoms with Crippen LogP contribution in [0.1, 0.15) is 17.5 Å². The molecule has 0 aliphatic heterocycles. The summed E-state index contributed by atoms with van der Waals surface area (Å²) in [5.41, 5.74) is 3.35. The fourth-order valence-electron chi connectivity index (χ4n) is 2.42. The van der Waals surface area contributed by atoms with Crippen LogP contribution in [0, 0.1) is 13.8 Å². The Morgan fingerprint density at radius 3 is 2.71 bits per heavy atom. The van der Waals surface area contributed by atoms with Crippen LogP contribution in [-0.4, -0.2) is 20.9 Å². The average Bonchev–Trinajstić information content (AvgIpc) is 2.58. The number of nitrogens with one attached hydrogen (secondary N) is 1. The Morgan fingerprint density at radius 2 is 1.92 bits per heavy atom. The van der Waals surface area contributed by atoms with Gasteiger partial charge in [-0.15, -0.1) is 5.10 Å². The highest BCUT2D eigenvalue weighted by atomic mass is 16.2. The first-order chi connectivity index (χ1) is 11.5. The molecule has 0 saturated heterocycles. The molecule has 0 atom stereocenters. The molecule has 0 saturated carbocycles. The van der Waals surface area contributed by atoms with Crippen LogP contribution < -0.4 is 10.9 Å². The quantitative estimate of drug-likeness (QED) is 0.800. The first-order valence-corrected chi connectivity index (χ1v) is 7.74. The van der Waals surface area contributed by atoms with Crippen LogP contribution in [0.3, 0.4) is 0 Å². The summed E-state index contributed by atoms with van der Waals surface area (Å²) in [7, 11) is 0. The molecule has 6 heteroatoms. The molecule has 0 spiro atoms. The number of rotatable bonds is 4. The smallest absolute Gasteiger partial charge is 0.277 e. The Balaban J connectivity index is 1.69. The van der Waals surface area contributed by atoms with Gasteiger partial charge in [-0.3, -0.25) is 9.59 Å². The van der Waals surface area contributed by atoms with Crippen molar-refractivity contribution in [2.45, 2.75) is 26.8 Å². The first kappa shape index (κ1) is 15.9. The predicted octanol–water partition coefficient (Wildman–Crippen LogP) is 2.44. The van der Waals surface area contributed by atoms with E-state index in [1.165, 1.54) is 10.2 Å². The summed E-state index contributed by atoms with van der Waals surface area (Å²) in [6.45, 7) is 4.20. The van der Waals surface area contributed by atoms with Crippen LogP contribution in [0.25, 0.3) is 10.9 Å². The highest BCUT2D eigenvalue weighted by molar-refractivity contribution is 5.90. The lowest BCUT2D eigenvalue weighted by molar-refractivity contribution is -0.116. The van der Waals surface area contributed by atoms with Crippen LogP contribution in [0.5, 0.6) is 0 Å². The highest BCUT2D eigenvalue weighted by Gasteiger charge is 2.08. The van der Waals surface area contributed by atoms with Gasteiger partial charge in [-0.05, 0) is 49.2 Å². The van der Waals surface area contributed by atoms with Crippen molar-refractivity contribution in [1.82, 2.24) is 15.0 Å². The van der Waals surface area contributed by atoms with E-state index in [-0.39, 0.29) is 24.4 Å². The summed E-state index contributed by atoms with van der Waals surface area (Å²) in [5, 5.41) is 11.2. The van der Waals surface area contributed by atoms with E-state index in [0.717, 1.165) is 11.3 Å². The number of nitrogens with zero attached hydrogens (tertiary/aromatic N) is 3. The summed E-state index contributed by atoms with van der Waals surface area (Å²) in [6.07, 6.45) is 0.153. The molecule has 3 rings (SSSR count). The standard InChI is InChI=1S/C18H18N4O2/c1-12-7-8-14(11-13(12)2)19-17(23)9-10-22-18(24)15-5-3-4-6-16(15)20-21-22/h3-8,11H,9-10H2,1-2H3,(H,19,23). The Bertz CT molecular complexity index is 963. The van der Waals surface area contributed by atoms with Crippen molar-refractivity contribution in [3.05, 3.63) is 63.9 Å². The number of fused-ring (bicyclic) bond motifs is 1. The fraction of sp³-hybridized carbons (Fsp3) is 0.222. The van der Waals surface area contributed by atoms with Gasteiger partial charge in [0, 0.05) is 12.1 Å². The minimum absolute atomic E-state index is 0.153. The van der Waals surface area contributed by atoms with Gasteiger partial charge < -0.3 is 5.32 Å². The third-order valence-corrected chi connectivity index (χ3v) is 3.97. The third kappa shape index (κ3) is 3.32. The Labute approximate surface area is 139 Å². The lowest BCUT2D eigenvalue weighted by atomic mass is 10.1. The van der Waals surface area contributed by atoms with E-state index in [9.17, 15) is 9.59 Å². The minimum Gasteiger partial charge on any atom is -0.326 e. The topological polar surface area (TPSA) is 76.9 Å². The number of aromatic nitrogens is 3.